The molecule has 5 nitrogen and oxygen atoms in total. The number of H-pyrrole nitrogens is 1. The third-order valence-electron chi connectivity index (χ3n) is 4.53. The van der Waals surface area contributed by atoms with Crippen LogP contribution >= 0.6 is 11.3 Å². The molecule has 0 spiro atoms. The van der Waals surface area contributed by atoms with Crippen LogP contribution in [0.1, 0.15) is 20.9 Å². The van der Waals surface area contributed by atoms with E-state index < -0.39 is 0 Å². The van der Waals surface area contributed by atoms with Crippen molar-refractivity contribution in [1.82, 2.24) is 15.3 Å². The second kappa shape index (κ2) is 7.78. The lowest BCUT2D eigenvalue weighted by atomic mass is 10.1. The lowest BCUT2D eigenvalue weighted by Gasteiger charge is -2.05. The number of rotatable bonds is 5. The van der Waals surface area contributed by atoms with Gasteiger partial charge < -0.3 is 10.3 Å². The fourth-order valence-electron chi connectivity index (χ4n) is 3.08. The molecule has 0 aliphatic rings. The van der Waals surface area contributed by atoms with Crippen LogP contribution in [0.15, 0.2) is 65.5 Å². The van der Waals surface area contributed by atoms with Crippen molar-refractivity contribution in [1.29, 1.82) is 0 Å². The predicted molar refractivity (Wildman–Crippen MR) is 113 cm³/mol. The van der Waals surface area contributed by atoms with Crippen molar-refractivity contribution in [2.45, 2.75) is 13.3 Å². The Hall–Kier alpha value is -3.25. The summed E-state index contributed by atoms with van der Waals surface area (Å²) in [5.41, 5.74) is 3.06. The normalized spacial score (nSPS) is 10.9. The monoisotopic (exact) mass is 389 g/mol. The van der Waals surface area contributed by atoms with Crippen LogP contribution in [-0.4, -0.2) is 22.4 Å². The average Bonchev–Trinajstić information content (AvgIpc) is 3.11. The van der Waals surface area contributed by atoms with E-state index >= 15 is 0 Å². The summed E-state index contributed by atoms with van der Waals surface area (Å²) in [6.45, 7) is 2.23. The van der Waals surface area contributed by atoms with Gasteiger partial charge in [-0.15, -0.1) is 11.3 Å². The molecule has 2 aromatic heterocycles. The molecule has 28 heavy (non-hydrogen) atoms. The second-order valence-corrected chi connectivity index (χ2v) is 7.52. The van der Waals surface area contributed by atoms with Gasteiger partial charge in [-0.2, -0.15) is 0 Å². The van der Waals surface area contributed by atoms with Crippen LogP contribution in [-0.2, 0) is 6.42 Å². The Labute approximate surface area is 166 Å². The number of para-hydroxylation sites is 1. The van der Waals surface area contributed by atoms with Crippen LogP contribution < -0.4 is 10.9 Å². The topological polar surface area (TPSA) is 74.8 Å². The van der Waals surface area contributed by atoms with Crippen molar-refractivity contribution in [3.63, 3.8) is 0 Å². The van der Waals surface area contributed by atoms with Gasteiger partial charge in [0.05, 0.1) is 5.69 Å². The van der Waals surface area contributed by atoms with Crippen LogP contribution in [0.4, 0.5) is 0 Å². The molecular formula is C22H19N3O2S. The van der Waals surface area contributed by atoms with Crippen molar-refractivity contribution in [3.8, 4) is 10.6 Å². The Morgan fingerprint density at radius 3 is 2.68 bits per heavy atom. The van der Waals surface area contributed by atoms with E-state index in [1.807, 2.05) is 67.6 Å². The number of thiazole rings is 1. The Bertz CT molecular complexity index is 1200. The van der Waals surface area contributed by atoms with Gasteiger partial charge in [0, 0.05) is 23.2 Å². The molecule has 2 heterocycles. The fourth-order valence-corrected chi connectivity index (χ4v) is 4.07. The minimum Gasteiger partial charge on any atom is -0.351 e. The molecule has 0 aliphatic carbocycles. The number of aromatic nitrogens is 2. The molecule has 0 radical (unpaired) electrons. The Morgan fingerprint density at radius 2 is 1.86 bits per heavy atom. The zero-order valence-corrected chi connectivity index (χ0v) is 16.2. The quantitative estimate of drug-likeness (QED) is 0.543. The first-order valence-electron chi connectivity index (χ1n) is 9.04. The summed E-state index contributed by atoms with van der Waals surface area (Å²) in [7, 11) is 0. The fraction of sp³-hybridized carbons (Fsp3) is 0.136. The molecule has 0 atom stereocenters. The van der Waals surface area contributed by atoms with Gasteiger partial charge in [-0.25, -0.2) is 4.98 Å². The smallest absolute Gasteiger partial charge is 0.263 e. The molecule has 0 bridgehead atoms. The standard InChI is InChI=1S/C22H19N3O2S/c1-14-19(28-22(24-14)15-7-3-2-4-8-15)21(27)23-12-11-17-13-16-9-5-6-10-18(16)25-20(17)26/h2-10,13H,11-12H2,1H3,(H,23,27)(H,25,26). The lowest BCUT2D eigenvalue weighted by Crippen LogP contribution is -2.27. The van der Waals surface area contributed by atoms with E-state index in [0.717, 1.165) is 21.5 Å². The molecule has 0 aliphatic heterocycles. The zero-order valence-electron chi connectivity index (χ0n) is 15.4. The highest BCUT2D eigenvalue weighted by atomic mass is 32.1. The molecule has 6 heteroatoms. The third kappa shape index (κ3) is 3.73. The summed E-state index contributed by atoms with van der Waals surface area (Å²) in [4.78, 5) is 32.8. The maximum absolute atomic E-state index is 12.6. The van der Waals surface area contributed by atoms with Gasteiger partial charge in [0.15, 0.2) is 0 Å². The number of nitrogens with zero attached hydrogens (tertiary/aromatic N) is 1. The minimum atomic E-state index is -0.158. The van der Waals surface area contributed by atoms with Crippen molar-refractivity contribution >= 4 is 28.1 Å². The largest absolute Gasteiger partial charge is 0.351 e. The van der Waals surface area contributed by atoms with E-state index in [2.05, 4.69) is 15.3 Å². The highest BCUT2D eigenvalue weighted by Crippen LogP contribution is 2.27. The highest BCUT2D eigenvalue weighted by Gasteiger charge is 2.16. The summed E-state index contributed by atoms with van der Waals surface area (Å²) < 4.78 is 0. The number of hydrogen-bond acceptors (Lipinski definition) is 4. The van der Waals surface area contributed by atoms with E-state index in [-0.39, 0.29) is 11.5 Å². The molecule has 0 saturated heterocycles. The van der Waals surface area contributed by atoms with Gasteiger partial charge in [0.1, 0.15) is 9.88 Å². The van der Waals surface area contributed by atoms with Crippen molar-refractivity contribution < 1.29 is 4.79 Å². The van der Waals surface area contributed by atoms with Crippen LogP contribution in [0.3, 0.4) is 0 Å². The molecule has 0 unspecified atom stereocenters. The maximum atomic E-state index is 12.6. The van der Waals surface area contributed by atoms with Crippen molar-refractivity contribution in [3.05, 3.63) is 87.2 Å². The van der Waals surface area contributed by atoms with Gasteiger partial charge >= 0.3 is 0 Å². The number of fused-ring (bicyclic) bond motifs is 1. The van der Waals surface area contributed by atoms with E-state index in [1.54, 1.807) is 0 Å². The van der Waals surface area contributed by atoms with Crippen LogP contribution in [0.25, 0.3) is 21.5 Å². The number of benzene rings is 2. The SMILES string of the molecule is Cc1nc(-c2ccccc2)sc1C(=O)NCCc1cc2ccccc2[nH]c1=O. The average molecular weight is 389 g/mol. The van der Waals surface area contributed by atoms with Crippen LogP contribution in [0, 0.1) is 6.92 Å². The number of carbonyl (C=O) groups excluding carboxylic acids is 1. The second-order valence-electron chi connectivity index (χ2n) is 6.52. The summed E-state index contributed by atoms with van der Waals surface area (Å²) in [6.07, 6.45) is 0.468. The first-order chi connectivity index (χ1) is 13.6. The zero-order chi connectivity index (χ0) is 19.5. The van der Waals surface area contributed by atoms with E-state index in [1.165, 1.54) is 11.3 Å². The number of pyridine rings is 1. The summed E-state index contributed by atoms with van der Waals surface area (Å²) in [5, 5.41) is 4.72. The Morgan fingerprint density at radius 1 is 1.11 bits per heavy atom. The molecule has 0 saturated carbocycles. The lowest BCUT2D eigenvalue weighted by molar-refractivity contribution is 0.0957. The van der Waals surface area contributed by atoms with Crippen molar-refractivity contribution in [2.75, 3.05) is 6.54 Å². The first kappa shape index (κ1) is 18.1. The molecule has 2 N–H and O–H groups in total. The van der Waals surface area contributed by atoms with Gasteiger partial charge in [0.2, 0.25) is 0 Å². The number of amides is 1. The van der Waals surface area contributed by atoms with Gasteiger partial charge in [-0.05, 0) is 30.9 Å². The summed E-state index contributed by atoms with van der Waals surface area (Å²) >= 11 is 1.38. The number of nitrogens with one attached hydrogen (secondary N) is 2. The molecular weight excluding hydrogens is 370 g/mol. The predicted octanol–water partition coefficient (Wildman–Crippen LogP) is 3.93. The molecule has 0 fully saturated rings. The summed E-state index contributed by atoms with van der Waals surface area (Å²) in [6, 6.07) is 19.3. The van der Waals surface area contributed by atoms with E-state index in [0.29, 0.717) is 29.1 Å². The van der Waals surface area contributed by atoms with Crippen molar-refractivity contribution in [2.24, 2.45) is 0 Å². The van der Waals surface area contributed by atoms with Gasteiger partial charge in [-0.1, -0.05) is 48.5 Å². The highest BCUT2D eigenvalue weighted by molar-refractivity contribution is 7.17. The number of carbonyl (C=O) groups is 1. The number of aromatic amines is 1. The summed E-state index contributed by atoms with van der Waals surface area (Å²) in [5.74, 6) is -0.158. The van der Waals surface area contributed by atoms with Gasteiger partial charge in [0.25, 0.3) is 11.5 Å². The van der Waals surface area contributed by atoms with Gasteiger partial charge in [-0.3, -0.25) is 9.59 Å². The first-order valence-corrected chi connectivity index (χ1v) is 9.85. The Balaban J connectivity index is 1.45. The molecule has 140 valence electrons. The van der Waals surface area contributed by atoms with E-state index in [4.69, 9.17) is 0 Å². The van der Waals surface area contributed by atoms with Crippen LogP contribution in [0.5, 0.6) is 0 Å². The van der Waals surface area contributed by atoms with Crippen LogP contribution in [0.2, 0.25) is 0 Å². The molecule has 1 amide bonds. The third-order valence-corrected chi connectivity index (χ3v) is 5.74. The molecule has 2 aromatic carbocycles. The number of aryl methyl sites for hydroxylation is 1. The Kier molecular flexibility index (Phi) is 5.04. The molecule has 4 aromatic rings. The molecule has 4 rings (SSSR count). The maximum Gasteiger partial charge on any atom is 0.263 e. The van der Waals surface area contributed by atoms with E-state index in [9.17, 15) is 9.59 Å². The number of hydrogen-bond donors (Lipinski definition) is 2. The minimum absolute atomic E-state index is 0.117.